The summed E-state index contributed by atoms with van der Waals surface area (Å²) in [5.41, 5.74) is 2.08. The van der Waals surface area contributed by atoms with Gasteiger partial charge in [-0.25, -0.2) is 0 Å². The van der Waals surface area contributed by atoms with Crippen LogP contribution in [0.1, 0.15) is 22.5 Å². The molecular formula is C22H21ClN2O2. The highest BCUT2D eigenvalue weighted by Crippen LogP contribution is 2.29. The molecule has 1 fully saturated rings. The van der Waals surface area contributed by atoms with E-state index in [0.717, 1.165) is 31.6 Å². The second-order valence-electron chi connectivity index (χ2n) is 6.82. The normalized spacial score (nSPS) is 17.1. The van der Waals surface area contributed by atoms with Gasteiger partial charge in [0.15, 0.2) is 5.76 Å². The molecule has 1 atom stereocenters. The third kappa shape index (κ3) is 4.24. The number of amides is 1. The van der Waals surface area contributed by atoms with Crippen LogP contribution in [0.5, 0.6) is 0 Å². The highest BCUT2D eigenvalue weighted by atomic mass is 35.5. The third-order valence-electron chi connectivity index (χ3n) is 4.83. The van der Waals surface area contributed by atoms with E-state index in [1.54, 1.807) is 18.2 Å². The lowest BCUT2D eigenvalue weighted by Gasteiger charge is -2.16. The Kier molecular flexibility index (Phi) is 5.28. The van der Waals surface area contributed by atoms with Gasteiger partial charge in [0.2, 0.25) is 0 Å². The molecule has 2 heterocycles. The van der Waals surface area contributed by atoms with Crippen molar-refractivity contribution < 1.29 is 9.21 Å². The molecule has 4 rings (SSSR count). The molecule has 1 aliphatic rings. The average Bonchev–Trinajstić information content (AvgIpc) is 3.33. The predicted molar refractivity (Wildman–Crippen MR) is 107 cm³/mol. The summed E-state index contributed by atoms with van der Waals surface area (Å²) in [6.45, 7) is 2.73. The van der Waals surface area contributed by atoms with Gasteiger partial charge in [-0.1, -0.05) is 54.1 Å². The Morgan fingerprint density at radius 1 is 1.07 bits per heavy atom. The van der Waals surface area contributed by atoms with Gasteiger partial charge in [-0.2, -0.15) is 0 Å². The molecule has 27 heavy (non-hydrogen) atoms. The number of carbonyl (C=O) groups is 1. The molecule has 1 aromatic heterocycles. The molecule has 1 saturated heterocycles. The fraction of sp³-hybridized carbons (Fsp3) is 0.227. The van der Waals surface area contributed by atoms with Crippen LogP contribution in [0.25, 0.3) is 11.3 Å². The summed E-state index contributed by atoms with van der Waals surface area (Å²) >= 11 is 6.20. The maximum absolute atomic E-state index is 12.5. The summed E-state index contributed by atoms with van der Waals surface area (Å²) in [4.78, 5) is 14.9. The second kappa shape index (κ2) is 7.99. The summed E-state index contributed by atoms with van der Waals surface area (Å²) < 4.78 is 5.74. The van der Waals surface area contributed by atoms with Crippen molar-refractivity contribution in [3.63, 3.8) is 0 Å². The van der Waals surface area contributed by atoms with Crippen molar-refractivity contribution in [2.45, 2.75) is 19.0 Å². The van der Waals surface area contributed by atoms with Gasteiger partial charge in [0.25, 0.3) is 5.91 Å². The number of furan rings is 1. The molecule has 0 aliphatic carbocycles. The van der Waals surface area contributed by atoms with Crippen LogP contribution in [0.2, 0.25) is 5.02 Å². The van der Waals surface area contributed by atoms with E-state index in [0.29, 0.717) is 16.5 Å². The SMILES string of the molecule is O=C(NC1CCN(Cc2ccccc2)C1)c1ccc(-c2ccccc2Cl)o1. The molecule has 4 nitrogen and oxygen atoms in total. The van der Waals surface area contributed by atoms with Crippen molar-refractivity contribution in [1.29, 1.82) is 0 Å². The van der Waals surface area contributed by atoms with Crippen LogP contribution in [0.15, 0.2) is 71.1 Å². The number of nitrogens with zero attached hydrogens (tertiary/aromatic N) is 1. The Morgan fingerprint density at radius 2 is 1.85 bits per heavy atom. The Bertz CT molecular complexity index is 923. The number of rotatable bonds is 5. The standard InChI is InChI=1S/C22H21ClN2O2/c23-19-9-5-4-8-18(19)20-10-11-21(27-20)22(26)24-17-12-13-25(15-17)14-16-6-2-1-3-7-16/h1-11,17H,12-15H2,(H,24,26). The van der Waals surface area contributed by atoms with Crippen molar-refractivity contribution in [1.82, 2.24) is 10.2 Å². The number of carbonyl (C=O) groups excluding carboxylic acids is 1. The Balaban J connectivity index is 1.35. The summed E-state index contributed by atoms with van der Waals surface area (Å²) in [6.07, 6.45) is 0.941. The number of benzene rings is 2. The molecule has 1 amide bonds. The van der Waals surface area contributed by atoms with E-state index in [1.807, 2.05) is 24.3 Å². The fourth-order valence-electron chi connectivity index (χ4n) is 3.46. The average molecular weight is 381 g/mol. The van der Waals surface area contributed by atoms with Gasteiger partial charge >= 0.3 is 0 Å². The van der Waals surface area contributed by atoms with Crippen LogP contribution in [0.3, 0.4) is 0 Å². The second-order valence-corrected chi connectivity index (χ2v) is 7.23. The van der Waals surface area contributed by atoms with E-state index < -0.39 is 0 Å². The van der Waals surface area contributed by atoms with Gasteiger partial charge in [-0.15, -0.1) is 0 Å². The van der Waals surface area contributed by atoms with E-state index in [4.69, 9.17) is 16.0 Å². The first-order valence-electron chi connectivity index (χ1n) is 9.11. The summed E-state index contributed by atoms with van der Waals surface area (Å²) in [5, 5.41) is 3.69. The topological polar surface area (TPSA) is 45.5 Å². The lowest BCUT2D eigenvalue weighted by Crippen LogP contribution is -2.36. The Labute approximate surface area is 163 Å². The van der Waals surface area contributed by atoms with Gasteiger partial charge in [0.05, 0.1) is 5.02 Å². The van der Waals surface area contributed by atoms with Crippen molar-refractivity contribution in [3.8, 4) is 11.3 Å². The first-order chi connectivity index (χ1) is 13.2. The monoisotopic (exact) mass is 380 g/mol. The van der Waals surface area contributed by atoms with Crippen molar-refractivity contribution in [3.05, 3.63) is 83.1 Å². The summed E-state index contributed by atoms with van der Waals surface area (Å²) in [5.74, 6) is 0.731. The highest BCUT2D eigenvalue weighted by Gasteiger charge is 2.25. The molecule has 1 unspecified atom stereocenters. The van der Waals surface area contributed by atoms with Gasteiger partial charge in [-0.3, -0.25) is 9.69 Å². The van der Waals surface area contributed by atoms with E-state index >= 15 is 0 Å². The lowest BCUT2D eigenvalue weighted by molar-refractivity contribution is 0.0910. The Hall–Kier alpha value is -2.56. The zero-order valence-corrected chi connectivity index (χ0v) is 15.7. The molecule has 0 radical (unpaired) electrons. The molecule has 0 bridgehead atoms. The van der Waals surface area contributed by atoms with Crippen LogP contribution < -0.4 is 5.32 Å². The number of nitrogens with one attached hydrogen (secondary N) is 1. The lowest BCUT2D eigenvalue weighted by atomic mass is 10.2. The largest absolute Gasteiger partial charge is 0.451 e. The number of likely N-dealkylation sites (tertiary alicyclic amines) is 1. The number of halogens is 1. The fourth-order valence-corrected chi connectivity index (χ4v) is 3.69. The highest BCUT2D eigenvalue weighted by molar-refractivity contribution is 6.33. The van der Waals surface area contributed by atoms with Crippen LogP contribution >= 0.6 is 11.6 Å². The van der Waals surface area contributed by atoms with Gasteiger partial charge in [0, 0.05) is 31.2 Å². The first kappa shape index (κ1) is 17.8. The molecule has 1 aliphatic heterocycles. The first-order valence-corrected chi connectivity index (χ1v) is 9.49. The zero-order chi connectivity index (χ0) is 18.6. The summed E-state index contributed by atoms with van der Waals surface area (Å²) in [6, 6.07) is 21.4. The van der Waals surface area contributed by atoms with Crippen LogP contribution in [0, 0.1) is 0 Å². The van der Waals surface area contributed by atoms with Crippen LogP contribution in [0.4, 0.5) is 0 Å². The van der Waals surface area contributed by atoms with Crippen molar-refractivity contribution in [2.75, 3.05) is 13.1 Å². The molecular weight excluding hydrogens is 360 g/mol. The maximum Gasteiger partial charge on any atom is 0.287 e. The molecule has 0 saturated carbocycles. The van der Waals surface area contributed by atoms with Crippen LogP contribution in [-0.2, 0) is 6.54 Å². The molecule has 138 valence electrons. The minimum absolute atomic E-state index is 0.134. The molecule has 2 aromatic carbocycles. The quantitative estimate of drug-likeness (QED) is 0.703. The van der Waals surface area contributed by atoms with E-state index in [9.17, 15) is 4.79 Å². The van der Waals surface area contributed by atoms with E-state index in [2.05, 4.69) is 34.5 Å². The summed E-state index contributed by atoms with van der Waals surface area (Å²) in [7, 11) is 0. The zero-order valence-electron chi connectivity index (χ0n) is 14.9. The molecule has 1 N–H and O–H groups in total. The molecule has 0 spiro atoms. The van der Waals surface area contributed by atoms with Gasteiger partial charge in [0.1, 0.15) is 5.76 Å². The van der Waals surface area contributed by atoms with Crippen LogP contribution in [-0.4, -0.2) is 29.9 Å². The number of hydrogen-bond donors (Lipinski definition) is 1. The predicted octanol–water partition coefficient (Wildman–Crippen LogP) is 4.60. The van der Waals surface area contributed by atoms with Gasteiger partial charge in [-0.05, 0) is 36.2 Å². The van der Waals surface area contributed by atoms with E-state index in [1.165, 1.54) is 5.56 Å². The maximum atomic E-state index is 12.5. The van der Waals surface area contributed by atoms with Gasteiger partial charge < -0.3 is 9.73 Å². The van der Waals surface area contributed by atoms with E-state index in [-0.39, 0.29) is 11.9 Å². The minimum atomic E-state index is -0.181. The smallest absolute Gasteiger partial charge is 0.287 e. The minimum Gasteiger partial charge on any atom is -0.451 e. The molecule has 5 heteroatoms. The van der Waals surface area contributed by atoms with Crippen molar-refractivity contribution in [2.24, 2.45) is 0 Å². The molecule has 3 aromatic rings. The number of hydrogen-bond acceptors (Lipinski definition) is 3. The Morgan fingerprint density at radius 3 is 2.67 bits per heavy atom. The van der Waals surface area contributed by atoms with Crippen molar-refractivity contribution >= 4 is 17.5 Å². The third-order valence-corrected chi connectivity index (χ3v) is 5.16.